The average molecular weight is 207 g/mol. The molecule has 2 nitrogen and oxygen atoms in total. The molecule has 1 aliphatic rings. The monoisotopic (exact) mass is 207 g/mol. The van der Waals surface area contributed by atoms with Crippen molar-refractivity contribution in [3.63, 3.8) is 0 Å². The Balaban J connectivity index is 0.000000531. The molecule has 2 heteroatoms. The van der Waals surface area contributed by atoms with E-state index in [4.69, 9.17) is 0 Å². The minimum Gasteiger partial charge on any atom is -0.508 e. The molecule has 0 amide bonds. The fourth-order valence-corrected chi connectivity index (χ4v) is 1.99. The Hall–Kier alpha value is -1.18. The number of rotatable bonds is 0. The SMILES string of the molecule is CC.Cc1c(O)ccc2c1CC(C)N2C. The van der Waals surface area contributed by atoms with Crippen LogP contribution < -0.4 is 4.90 Å². The molecule has 0 spiro atoms. The summed E-state index contributed by atoms with van der Waals surface area (Å²) in [6.45, 7) is 8.19. The summed E-state index contributed by atoms with van der Waals surface area (Å²) in [4.78, 5) is 2.27. The van der Waals surface area contributed by atoms with Gasteiger partial charge in [-0.2, -0.15) is 0 Å². The van der Waals surface area contributed by atoms with Crippen molar-refractivity contribution in [1.82, 2.24) is 0 Å². The summed E-state index contributed by atoms with van der Waals surface area (Å²) in [5.74, 6) is 0.418. The van der Waals surface area contributed by atoms with Gasteiger partial charge in [0, 0.05) is 18.8 Å². The van der Waals surface area contributed by atoms with Crippen LogP contribution in [-0.4, -0.2) is 18.2 Å². The molecule has 0 saturated heterocycles. The van der Waals surface area contributed by atoms with Crippen molar-refractivity contribution >= 4 is 5.69 Å². The van der Waals surface area contributed by atoms with Crippen LogP contribution in [0.1, 0.15) is 31.9 Å². The Labute approximate surface area is 92.5 Å². The quantitative estimate of drug-likeness (QED) is 0.706. The molecular weight excluding hydrogens is 186 g/mol. The summed E-state index contributed by atoms with van der Waals surface area (Å²) in [6.07, 6.45) is 1.05. The van der Waals surface area contributed by atoms with Crippen LogP contribution in [0.15, 0.2) is 12.1 Å². The maximum absolute atomic E-state index is 9.54. The van der Waals surface area contributed by atoms with Gasteiger partial charge in [-0.1, -0.05) is 13.8 Å². The van der Waals surface area contributed by atoms with Crippen LogP contribution in [0.25, 0.3) is 0 Å². The molecule has 0 aliphatic carbocycles. The molecule has 15 heavy (non-hydrogen) atoms. The minimum absolute atomic E-state index is 0.418. The molecule has 84 valence electrons. The average Bonchev–Trinajstić information content (AvgIpc) is 2.54. The summed E-state index contributed by atoms with van der Waals surface area (Å²) < 4.78 is 0. The van der Waals surface area contributed by atoms with E-state index in [0.29, 0.717) is 11.8 Å². The van der Waals surface area contributed by atoms with Crippen molar-refractivity contribution in [1.29, 1.82) is 0 Å². The highest BCUT2D eigenvalue weighted by molar-refractivity contribution is 5.64. The van der Waals surface area contributed by atoms with Gasteiger partial charge in [-0.3, -0.25) is 0 Å². The molecule has 1 aromatic rings. The van der Waals surface area contributed by atoms with E-state index in [-0.39, 0.29) is 0 Å². The number of likely N-dealkylation sites (N-methyl/N-ethyl adjacent to an activating group) is 1. The first-order valence-electron chi connectivity index (χ1n) is 5.65. The number of aromatic hydroxyl groups is 1. The highest BCUT2D eigenvalue weighted by atomic mass is 16.3. The van der Waals surface area contributed by atoms with Gasteiger partial charge >= 0.3 is 0 Å². The van der Waals surface area contributed by atoms with Gasteiger partial charge in [0.15, 0.2) is 0 Å². The second-order valence-corrected chi connectivity index (χ2v) is 3.87. The second-order valence-electron chi connectivity index (χ2n) is 3.87. The first-order chi connectivity index (χ1) is 7.11. The molecular formula is C13H21NO. The number of fused-ring (bicyclic) bond motifs is 1. The van der Waals surface area contributed by atoms with E-state index in [9.17, 15) is 5.11 Å². The largest absolute Gasteiger partial charge is 0.508 e. The van der Waals surface area contributed by atoms with Gasteiger partial charge in [0.25, 0.3) is 0 Å². The van der Waals surface area contributed by atoms with Crippen LogP contribution in [0.5, 0.6) is 5.75 Å². The van der Waals surface area contributed by atoms with Gasteiger partial charge in [0.05, 0.1) is 0 Å². The lowest BCUT2D eigenvalue weighted by atomic mass is 10.0. The topological polar surface area (TPSA) is 23.5 Å². The van der Waals surface area contributed by atoms with Gasteiger partial charge < -0.3 is 10.0 Å². The smallest absolute Gasteiger partial charge is 0.118 e. The van der Waals surface area contributed by atoms with Crippen molar-refractivity contribution < 1.29 is 5.11 Å². The molecule has 1 aromatic carbocycles. The summed E-state index contributed by atoms with van der Waals surface area (Å²) >= 11 is 0. The standard InChI is InChI=1S/C11H15NO.C2H6/c1-7-6-9-8(2)11(13)5-4-10(9)12(7)3;1-2/h4-5,7,13H,6H2,1-3H3;1-2H3. The molecule has 0 saturated carbocycles. The third kappa shape index (κ3) is 1.94. The van der Waals surface area contributed by atoms with Crippen molar-refractivity contribution in [3.05, 3.63) is 23.3 Å². The Kier molecular flexibility index (Phi) is 3.61. The first kappa shape index (κ1) is 11.9. The molecule has 2 rings (SSSR count). The number of phenols is 1. The summed E-state index contributed by atoms with van der Waals surface area (Å²) in [5, 5.41) is 9.54. The van der Waals surface area contributed by atoms with E-state index in [1.807, 2.05) is 26.8 Å². The van der Waals surface area contributed by atoms with Crippen molar-refractivity contribution in [2.45, 2.75) is 40.2 Å². The highest BCUT2D eigenvalue weighted by Gasteiger charge is 2.24. The van der Waals surface area contributed by atoms with Crippen LogP contribution in [-0.2, 0) is 6.42 Å². The Morgan fingerprint density at radius 1 is 1.33 bits per heavy atom. The number of benzene rings is 1. The van der Waals surface area contributed by atoms with Gasteiger partial charge in [-0.05, 0) is 43.5 Å². The Morgan fingerprint density at radius 3 is 2.53 bits per heavy atom. The highest BCUT2D eigenvalue weighted by Crippen LogP contribution is 2.36. The third-order valence-corrected chi connectivity index (χ3v) is 3.09. The van der Waals surface area contributed by atoms with Crippen LogP contribution in [0.3, 0.4) is 0 Å². The van der Waals surface area contributed by atoms with Crippen molar-refractivity contribution in [2.75, 3.05) is 11.9 Å². The van der Waals surface area contributed by atoms with Gasteiger partial charge in [-0.15, -0.1) is 0 Å². The van der Waals surface area contributed by atoms with Crippen molar-refractivity contribution in [2.24, 2.45) is 0 Å². The maximum atomic E-state index is 9.54. The zero-order valence-electron chi connectivity index (χ0n) is 10.3. The van der Waals surface area contributed by atoms with Gasteiger partial charge in [-0.25, -0.2) is 0 Å². The molecule has 0 fully saturated rings. The maximum Gasteiger partial charge on any atom is 0.118 e. The van der Waals surface area contributed by atoms with Crippen LogP contribution in [0, 0.1) is 6.92 Å². The molecule has 1 unspecified atom stereocenters. The molecule has 1 heterocycles. The minimum atomic E-state index is 0.418. The predicted octanol–water partition coefficient (Wildman–Crippen LogP) is 3.11. The Morgan fingerprint density at radius 2 is 1.93 bits per heavy atom. The second kappa shape index (κ2) is 4.56. The fraction of sp³-hybridized carbons (Fsp3) is 0.538. The molecule has 0 radical (unpaired) electrons. The fourth-order valence-electron chi connectivity index (χ4n) is 1.99. The van der Waals surface area contributed by atoms with Gasteiger partial charge in [0.1, 0.15) is 5.75 Å². The number of hydrogen-bond acceptors (Lipinski definition) is 2. The van der Waals surface area contributed by atoms with E-state index in [0.717, 1.165) is 12.0 Å². The van der Waals surface area contributed by atoms with E-state index >= 15 is 0 Å². The zero-order valence-corrected chi connectivity index (χ0v) is 10.3. The number of phenolic OH excluding ortho intramolecular Hbond substituents is 1. The van der Waals surface area contributed by atoms with E-state index in [2.05, 4.69) is 18.9 Å². The molecule has 1 aliphatic heterocycles. The van der Waals surface area contributed by atoms with Crippen LogP contribution in [0.2, 0.25) is 0 Å². The van der Waals surface area contributed by atoms with Crippen molar-refractivity contribution in [3.8, 4) is 5.75 Å². The lowest BCUT2D eigenvalue weighted by Gasteiger charge is -2.18. The number of nitrogens with zero attached hydrogens (tertiary/aromatic N) is 1. The first-order valence-corrected chi connectivity index (χ1v) is 5.65. The summed E-state index contributed by atoms with van der Waals surface area (Å²) in [6, 6.07) is 4.33. The lowest BCUT2D eigenvalue weighted by molar-refractivity contribution is 0.470. The van der Waals surface area contributed by atoms with E-state index < -0.39 is 0 Å². The van der Waals surface area contributed by atoms with E-state index in [1.54, 1.807) is 6.07 Å². The predicted molar refractivity (Wildman–Crippen MR) is 65.8 cm³/mol. The van der Waals surface area contributed by atoms with Gasteiger partial charge in [0.2, 0.25) is 0 Å². The Bertz CT molecular complexity index is 347. The summed E-state index contributed by atoms with van der Waals surface area (Å²) in [5.41, 5.74) is 3.60. The molecule has 0 aromatic heterocycles. The summed E-state index contributed by atoms with van der Waals surface area (Å²) in [7, 11) is 2.10. The molecule has 1 atom stereocenters. The third-order valence-electron chi connectivity index (χ3n) is 3.09. The lowest BCUT2D eigenvalue weighted by Crippen LogP contribution is -2.23. The number of hydrogen-bond donors (Lipinski definition) is 1. The zero-order chi connectivity index (χ0) is 11.6. The normalized spacial score (nSPS) is 18.2. The molecule has 1 N–H and O–H groups in total. The number of anilines is 1. The van der Waals surface area contributed by atoms with Crippen LogP contribution >= 0.6 is 0 Å². The van der Waals surface area contributed by atoms with E-state index in [1.165, 1.54) is 11.3 Å². The van der Waals surface area contributed by atoms with Crippen LogP contribution in [0.4, 0.5) is 5.69 Å². The molecule has 0 bridgehead atoms.